The second-order valence-electron chi connectivity index (χ2n) is 6.44. The van der Waals surface area contributed by atoms with Crippen LogP contribution in [-0.4, -0.2) is 68.0 Å². The van der Waals surface area contributed by atoms with Crippen molar-refractivity contribution < 1.29 is 18.3 Å². The predicted molar refractivity (Wildman–Crippen MR) is 96.8 cm³/mol. The second-order valence-corrected chi connectivity index (χ2v) is 9.68. The van der Waals surface area contributed by atoms with Crippen molar-refractivity contribution in [3.63, 3.8) is 0 Å². The van der Waals surface area contributed by atoms with Crippen LogP contribution in [0.1, 0.15) is 40.6 Å². The number of hydrogen-bond acceptors (Lipinski definition) is 6. The van der Waals surface area contributed by atoms with Gasteiger partial charge in [0.05, 0.1) is 5.56 Å². The number of fused-ring (bicyclic) bond motifs is 1. The van der Waals surface area contributed by atoms with Crippen molar-refractivity contribution >= 4 is 27.3 Å². The van der Waals surface area contributed by atoms with Gasteiger partial charge in [-0.3, -0.25) is 0 Å². The number of carboxylic acid groups (broad SMARTS) is 1. The fourth-order valence-electron chi connectivity index (χ4n) is 3.53. The Labute approximate surface area is 152 Å². The van der Waals surface area contributed by atoms with Crippen LogP contribution >= 0.6 is 11.3 Å². The number of carboxylic acids is 1. The van der Waals surface area contributed by atoms with Crippen molar-refractivity contribution in [2.45, 2.75) is 36.9 Å². The average Bonchev–Trinajstić information content (AvgIpc) is 3.22. The third kappa shape index (κ3) is 3.75. The number of nitrogens with one attached hydrogen (secondary N) is 1. The van der Waals surface area contributed by atoms with Crippen molar-refractivity contribution in [2.75, 3.05) is 39.3 Å². The Balaban J connectivity index is 1.89. The summed E-state index contributed by atoms with van der Waals surface area (Å²) in [6.45, 7) is 6.48. The highest BCUT2D eigenvalue weighted by Crippen LogP contribution is 2.36. The third-order valence-corrected chi connectivity index (χ3v) is 8.60. The summed E-state index contributed by atoms with van der Waals surface area (Å²) < 4.78 is 27.7. The molecular weight excluding hydrogens is 362 g/mol. The molecule has 0 unspecified atom stereocenters. The lowest BCUT2D eigenvalue weighted by molar-refractivity contribution is 0.0692. The Kier molecular flexibility index (Phi) is 5.79. The first-order valence-corrected chi connectivity index (χ1v) is 11.0. The molecule has 0 radical (unpaired) electrons. The van der Waals surface area contributed by atoms with E-state index in [-0.39, 0.29) is 9.77 Å². The molecule has 0 aromatic carbocycles. The fourth-order valence-corrected chi connectivity index (χ4v) is 6.97. The summed E-state index contributed by atoms with van der Waals surface area (Å²) in [5, 5.41) is 12.8. The van der Waals surface area contributed by atoms with E-state index in [1.165, 1.54) is 4.31 Å². The maximum Gasteiger partial charge on any atom is 0.338 e. The van der Waals surface area contributed by atoms with Crippen LogP contribution in [0.4, 0.5) is 0 Å². The molecule has 7 nitrogen and oxygen atoms in total. The van der Waals surface area contributed by atoms with E-state index in [4.69, 9.17) is 0 Å². The highest BCUT2D eigenvalue weighted by molar-refractivity contribution is 7.91. The van der Waals surface area contributed by atoms with Crippen LogP contribution in [0, 0.1) is 0 Å². The second kappa shape index (κ2) is 7.71. The quantitative estimate of drug-likeness (QED) is 0.731. The molecule has 1 aromatic rings. The smallest absolute Gasteiger partial charge is 0.338 e. The fraction of sp³-hybridized carbons (Fsp3) is 0.688. The van der Waals surface area contributed by atoms with Crippen LogP contribution in [0.25, 0.3) is 0 Å². The summed E-state index contributed by atoms with van der Waals surface area (Å²) in [5.41, 5.74) is 0.673. The van der Waals surface area contributed by atoms with E-state index < -0.39 is 16.0 Å². The van der Waals surface area contributed by atoms with Crippen LogP contribution in [-0.2, 0) is 23.0 Å². The van der Waals surface area contributed by atoms with Gasteiger partial charge in [0.1, 0.15) is 4.21 Å². The van der Waals surface area contributed by atoms with E-state index in [1.54, 1.807) is 6.92 Å². The summed E-state index contributed by atoms with van der Waals surface area (Å²) in [6.07, 6.45) is 2.88. The van der Waals surface area contributed by atoms with Gasteiger partial charge in [0, 0.05) is 31.1 Å². The number of thiophene rings is 1. The van der Waals surface area contributed by atoms with Gasteiger partial charge in [-0.25, -0.2) is 13.2 Å². The van der Waals surface area contributed by atoms with Crippen LogP contribution < -0.4 is 5.32 Å². The summed E-state index contributed by atoms with van der Waals surface area (Å²) >= 11 is 1.11. The highest BCUT2D eigenvalue weighted by atomic mass is 32.2. The van der Waals surface area contributed by atoms with E-state index in [1.807, 2.05) is 0 Å². The highest BCUT2D eigenvalue weighted by Gasteiger charge is 2.35. The first-order valence-electron chi connectivity index (χ1n) is 8.76. The monoisotopic (exact) mass is 387 g/mol. The van der Waals surface area contributed by atoms with Gasteiger partial charge in [-0.05, 0) is 44.5 Å². The van der Waals surface area contributed by atoms with Crippen LogP contribution in [0.5, 0.6) is 0 Å². The molecule has 3 rings (SSSR count). The molecule has 3 heterocycles. The lowest BCUT2D eigenvalue weighted by Gasteiger charge is -2.23. The van der Waals surface area contributed by atoms with E-state index in [0.29, 0.717) is 44.7 Å². The first-order chi connectivity index (χ1) is 11.9. The van der Waals surface area contributed by atoms with E-state index >= 15 is 0 Å². The van der Waals surface area contributed by atoms with Crippen molar-refractivity contribution in [2.24, 2.45) is 0 Å². The van der Waals surface area contributed by atoms with Crippen molar-refractivity contribution in [3.8, 4) is 0 Å². The zero-order valence-corrected chi connectivity index (χ0v) is 16.1. The van der Waals surface area contributed by atoms with Gasteiger partial charge in [-0.15, -0.1) is 11.3 Å². The molecule has 0 aliphatic carbocycles. The van der Waals surface area contributed by atoms with Gasteiger partial charge in [-0.1, -0.05) is 6.92 Å². The predicted octanol–water partition coefficient (Wildman–Crippen LogP) is 1.20. The molecule has 0 saturated carbocycles. The van der Waals surface area contributed by atoms with Crippen LogP contribution in [0.15, 0.2) is 4.21 Å². The topological polar surface area (TPSA) is 90.0 Å². The summed E-state index contributed by atoms with van der Waals surface area (Å²) in [4.78, 5) is 14.9. The first kappa shape index (κ1) is 18.8. The van der Waals surface area contributed by atoms with Gasteiger partial charge >= 0.3 is 5.97 Å². The normalized spacial score (nSPS) is 18.6. The summed E-state index contributed by atoms with van der Waals surface area (Å²) in [5.74, 6) is -1.14. The number of carbonyl (C=O) groups is 1. The Morgan fingerprint density at radius 1 is 1.36 bits per heavy atom. The zero-order valence-electron chi connectivity index (χ0n) is 14.5. The van der Waals surface area contributed by atoms with Crippen LogP contribution in [0.2, 0.25) is 0 Å². The summed E-state index contributed by atoms with van der Waals surface area (Å²) in [6, 6.07) is 0. The SMILES string of the molecule is CCN(CCN1CCCC1)S(=O)(=O)c1sc2c(c1C(=O)O)CCNC2. The molecule has 0 bridgehead atoms. The molecule has 1 aromatic heterocycles. The van der Waals surface area contributed by atoms with Crippen molar-refractivity contribution in [1.29, 1.82) is 0 Å². The minimum absolute atomic E-state index is 0.00280. The van der Waals surface area contributed by atoms with Crippen molar-refractivity contribution in [3.05, 3.63) is 16.0 Å². The number of likely N-dealkylation sites (N-methyl/N-ethyl adjacent to an activating group) is 1. The van der Waals surface area contributed by atoms with Gasteiger partial charge < -0.3 is 15.3 Å². The Hall–Kier alpha value is -1.00. The minimum atomic E-state index is -3.80. The van der Waals surface area contributed by atoms with Gasteiger partial charge in [0.2, 0.25) is 0 Å². The third-order valence-electron chi connectivity index (χ3n) is 4.90. The number of likely N-dealkylation sites (tertiary alicyclic amines) is 1. The largest absolute Gasteiger partial charge is 0.478 e. The Bertz CT molecular complexity index is 739. The molecule has 1 fully saturated rings. The summed E-state index contributed by atoms with van der Waals surface area (Å²) in [7, 11) is -3.80. The lowest BCUT2D eigenvalue weighted by Crippen LogP contribution is -2.38. The van der Waals surface area contributed by atoms with Gasteiger partial charge in [0.15, 0.2) is 0 Å². The van der Waals surface area contributed by atoms with Gasteiger partial charge in [-0.2, -0.15) is 4.31 Å². The standard InChI is InChI=1S/C16H25N3O4S2/c1-2-19(10-9-18-7-3-4-8-18)25(22,23)16-14(15(20)21)12-5-6-17-11-13(12)24-16/h17H,2-11H2,1H3,(H,20,21). The molecular formula is C16H25N3O4S2. The molecule has 9 heteroatoms. The number of nitrogens with zero attached hydrogens (tertiary/aromatic N) is 2. The molecule has 0 spiro atoms. The van der Waals surface area contributed by atoms with Gasteiger partial charge in [0.25, 0.3) is 10.0 Å². The number of sulfonamides is 1. The maximum atomic E-state index is 13.1. The van der Waals surface area contributed by atoms with E-state index in [0.717, 1.165) is 42.1 Å². The number of hydrogen-bond donors (Lipinski definition) is 2. The van der Waals surface area contributed by atoms with Crippen molar-refractivity contribution in [1.82, 2.24) is 14.5 Å². The zero-order chi connectivity index (χ0) is 18.0. The van der Waals surface area contributed by atoms with E-state index in [2.05, 4.69) is 10.2 Å². The molecule has 0 amide bonds. The molecule has 2 N–H and O–H groups in total. The molecule has 1 saturated heterocycles. The lowest BCUT2D eigenvalue weighted by atomic mass is 10.1. The average molecular weight is 388 g/mol. The Morgan fingerprint density at radius 2 is 2.08 bits per heavy atom. The number of aromatic carboxylic acids is 1. The Morgan fingerprint density at radius 3 is 2.72 bits per heavy atom. The minimum Gasteiger partial charge on any atom is -0.478 e. The number of rotatable bonds is 7. The maximum absolute atomic E-state index is 13.1. The molecule has 0 atom stereocenters. The van der Waals surface area contributed by atoms with E-state index in [9.17, 15) is 18.3 Å². The molecule has 25 heavy (non-hydrogen) atoms. The molecule has 140 valence electrons. The van der Waals surface area contributed by atoms with Crippen LogP contribution in [0.3, 0.4) is 0 Å². The molecule has 2 aliphatic heterocycles. The molecule has 2 aliphatic rings.